The molecule has 0 bridgehead atoms. The molecule has 2 aromatic rings. The molecule has 0 saturated heterocycles. The van der Waals surface area contributed by atoms with Crippen molar-refractivity contribution in [1.82, 2.24) is 9.38 Å². The lowest BCUT2D eigenvalue weighted by Gasteiger charge is -2.21. The van der Waals surface area contributed by atoms with Gasteiger partial charge in [0.25, 0.3) is 0 Å². The van der Waals surface area contributed by atoms with Crippen LogP contribution in [-0.4, -0.2) is 15.2 Å². The van der Waals surface area contributed by atoms with Crippen LogP contribution in [0.5, 0.6) is 0 Å². The smallest absolute Gasteiger partial charge is 0.137 e. The first-order chi connectivity index (χ1) is 7.22. The van der Waals surface area contributed by atoms with Crippen molar-refractivity contribution in [2.45, 2.75) is 18.8 Å². The zero-order valence-electron chi connectivity index (χ0n) is 8.18. The topological polar surface area (TPSA) is 60.4 Å². The van der Waals surface area contributed by atoms with Crippen molar-refractivity contribution in [1.29, 1.82) is 0 Å². The maximum Gasteiger partial charge on any atom is 0.137 e. The van der Waals surface area contributed by atoms with Gasteiger partial charge in [-0.2, -0.15) is 0 Å². The van der Waals surface area contributed by atoms with Crippen molar-refractivity contribution in [2.24, 2.45) is 0 Å². The highest BCUT2D eigenvalue weighted by Crippen LogP contribution is 2.32. The molecule has 4 heteroatoms. The number of hydrogen-bond donors (Lipinski definition) is 1. The molecule has 76 valence electrons. The van der Waals surface area contributed by atoms with Gasteiger partial charge in [0, 0.05) is 36.8 Å². The second kappa shape index (κ2) is 2.82. The van der Waals surface area contributed by atoms with Gasteiger partial charge in [-0.3, -0.25) is 4.79 Å². The van der Waals surface area contributed by atoms with Crippen molar-refractivity contribution in [3.05, 3.63) is 30.2 Å². The molecule has 0 unspecified atom stereocenters. The van der Waals surface area contributed by atoms with Gasteiger partial charge >= 0.3 is 0 Å². The van der Waals surface area contributed by atoms with Crippen LogP contribution in [0.3, 0.4) is 0 Å². The predicted octanol–water partition coefficient (Wildman–Crippen LogP) is 1.36. The number of carbonyl (C=O) groups excluding carboxylic acids is 1. The van der Waals surface area contributed by atoms with Gasteiger partial charge < -0.3 is 10.1 Å². The Labute approximate surface area is 86.7 Å². The van der Waals surface area contributed by atoms with Crippen LogP contribution in [0.1, 0.15) is 24.5 Å². The number of hydrogen-bond acceptors (Lipinski definition) is 3. The van der Waals surface area contributed by atoms with E-state index in [9.17, 15) is 4.79 Å². The van der Waals surface area contributed by atoms with Crippen molar-refractivity contribution < 1.29 is 4.79 Å². The first-order valence-electron chi connectivity index (χ1n) is 4.98. The number of pyridine rings is 1. The summed E-state index contributed by atoms with van der Waals surface area (Å²) in [6.45, 7) is 0. The van der Waals surface area contributed by atoms with Gasteiger partial charge in [-0.15, -0.1) is 0 Å². The van der Waals surface area contributed by atoms with E-state index < -0.39 is 0 Å². The maximum atomic E-state index is 10.9. The maximum absolute atomic E-state index is 10.9. The zero-order chi connectivity index (χ0) is 10.4. The minimum atomic E-state index is 0.318. The Balaban J connectivity index is 2.03. The summed E-state index contributed by atoms with van der Waals surface area (Å²) in [6.07, 6.45) is 5.08. The summed E-state index contributed by atoms with van der Waals surface area (Å²) in [7, 11) is 0. The second-order valence-electron chi connectivity index (χ2n) is 4.04. The standard InChI is InChI=1S/C11H11N3O/c12-8-1-2-11-13-10(6-14(11)5-8)7-3-9(15)4-7/h1-2,5-7H,3-4,12H2. The molecular formula is C11H11N3O. The highest BCUT2D eigenvalue weighted by Gasteiger charge is 2.29. The fourth-order valence-corrected chi connectivity index (χ4v) is 1.92. The zero-order valence-corrected chi connectivity index (χ0v) is 8.18. The molecule has 1 aliphatic carbocycles. The minimum absolute atomic E-state index is 0.318. The van der Waals surface area contributed by atoms with Gasteiger partial charge in [0.05, 0.1) is 5.69 Å². The van der Waals surface area contributed by atoms with Crippen molar-refractivity contribution in [2.75, 3.05) is 5.73 Å². The number of aromatic nitrogens is 2. The van der Waals surface area contributed by atoms with Crippen LogP contribution in [0.4, 0.5) is 5.69 Å². The number of anilines is 1. The first kappa shape index (κ1) is 8.47. The number of nitrogen functional groups attached to an aromatic ring is 1. The van der Waals surface area contributed by atoms with Gasteiger partial charge in [0.2, 0.25) is 0 Å². The molecule has 2 heterocycles. The van der Waals surface area contributed by atoms with E-state index in [1.807, 2.05) is 28.9 Å². The summed E-state index contributed by atoms with van der Waals surface area (Å²) < 4.78 is 1.91. The number of fused-ring (bicyclic) bond motifs is 1. The second-order valence-corrected chi connectivity index (χ2v) is 4.04. The number of nitrogens with two attached hydrogens (primary N) is 1. The highest BCUT2D eigenvalue weighted by molar-refractivity contribution is 5.86. The van der Waals surface area contributed by atoms with Gasteiger partial charge in [0.1, 0.15) is 11.4 Å². The largest absolute Gasteiger partial charge is 0.398 e. The molecule has 0 atom stereocenters. The third-order valence-electron chi connectivity index (χ3n) is 2.86. The number of imidazole rings is 1. The summed E-state index contributed by atoms with van der Waals surface area (Å²) in [5.41, 5.74) is 8.28. The molecule has 3 rings (SSSR count). The van der Waals surface area contributed by atoms with E-state index in [1.165, 1.54) is 0 Å². The monoisotopic (exact) mass is 201 g/mol. The van der Waals surface area contributed by atoms with Crippen LogP contribution in [0.25, 0.3) is 5.65 Å². The summed E-state index contributed by atoms with van der Waals surface area (Å²) >= 11 is 0. The Morgan fingerprint density at radius 1 is 1.33 bits per heavy atom. The molecule has 0 amide bonds. The van der Waals surface area contributed by atoms with Crippen LogP contribution in [0, 0.1) is 0 Å². The van der Waals surface area contributed by atoms with Crippen LogP contribution < -0.4 is 5.73 Å². The van der Waals surface area contributed by atoms with E-state index in [0.29, 0.717) is 24.5 Å². The van der Waals surface area contributed by atoms with Gasteiger partial charge in [-0.25, -0.2) is 4.98 Å². The molecular weight excluding hydrogens is 190 g/mol. The number of ketones is 1. The van der Waals surface area contributed by atoms with Crippen molar-refractivity contribution >= 4 is 17.1 Å². The lowest BCUT2D eigenvalue weighted by atomic mass is 9.82. The minimum Gasteiger partial charge on any atom is -0.398 e. The van der Waals surface area contributed by atoms with Crippen LogP contribution >= 0.6 is 0 Å². The molecule has 2 N–H and O–H groups in total. The average Bonchev–Trinajstić information content (AvgIpc) is 2.55. The molecule has 0 radical (unpaired) electrons. The summed E-state index contributed by atoms with van der Waals surface area (Å²) in [4.78, 5) is 15.4. The van der Waals surface area contributed by atoms with E-state index >= 15 is 0 Å². The molecule has 0 aromatic carbocycles. The van der Waals surface area contributed by atoms with Gasteiger partial charge in [0.15, 0.2) is 0 Å². The first-order valence-corrected chi connectivity index (χ1v) is 4.98. The third kappa shape index (κ3) is 1.29. The van der Waals surface area contributed by atoms with Crippen molar-refractivity contribution in [3.63, 3.8) is 0 Å². The summed E-state index contributed by atoms with van der Waals surface area (Å²) in [5.74, 6) is 0.648. The third-order valence-corrected chi connectivity index (χ3v) is 2.86. The van der Waals surface area contributed by atoms with Crippen molar-refractivity contribution in [3.8, 4) is 0 Å². The highest BCUT2D eigenvalue weighted by atomic mass is 16.1. The van der Waals surface area contributed by atoms with E-state index in [0.717, 1.165) is 17.0 Å². The molecule has 15 heavy (non-hydrogen) atoms. The number of carbonyl (C=O) groups is 1. The Bertz CT molecular complexity index is 536. The van der Waals surface area contributed by atoms with Gasteiger partial charge in [-0.05, 0) is 12.1 Å². The van der Waals surface area contributed by atoms with Crippen LogP contribution in [0.15, 0.2) is 24.5 Å². The Morgan fingerprint density at radius 3 is 2.87 bits per heavy atom. The molecule has 2 aromatic heterocycles. The van der Waals surface area contributed by atoms with E-state index in [4.69, 9.17) is 5.73 Å². The fraction of sp³-hybridized carbons (Fsp3) is 0.273. The number of rotatable bonds is 1. The summed E-state index contributed by atoms with van der Waals surface area (Å²) in [6, 6.07) is 3.72. The fourth-order valence-electron chi connectivity index (χ4n) is 1.92. The summed E-state index contributed by atoms with van der Waals surface area (Å²) in [5, 5.41) is 0. The predicted molar refractivity (Wildman–Crippen MR) is 56.6 cm³/mol. The normalized spacial score (nSPS) is 16.9. The number of nitrogens with zero attached hydrogens (tertiary/aromatic N) is 2. The number of Topliss-reactive ketones (excluding diaryl/α,β-unsaturated/α-hetero) is 1. The lowest BCUT2D eigenvalue weighted by Crippen LogP contribution is -2.21. The SMILES string of the molecule is Nc1ccc2nc(C3CC(=O)C3)cn2c1. The molecule has 4 nitrogen and oxygen atoms in total. The van der Waals surface area contributed by atoms with E-state index in [2.05, 4.69) is 4.98 Å². The quantitative estimate of drug-likeness (QED) is 0.757. The van der Waals surface area contributed by atoms with Crippen LogP contribution in [0.2, 0.25) is 0 Å². The Kier molecular flexibility index (Phi) is 1.59. The van der Waals surface area contributed by atoms with E-state index in [1.54, 1.807) is 0 Å². The lowest BCUT2D eigenvalue weighted by molar-refractivity contribution is -0.124. The Morgan fingerprint density at radius 2 is 2.13 bits per heavy atom. The molecule has 0 spiro atoms. The molecule has 0 aliphatic heterocycles. The molecule has 1 aliphatic rings. The van der Waals surface area contributed by atoms with E-state index in [-0.39, 0.29) is 0 Å². The molecule has 1 fully saturated rings. The van der Waals surface area contributed by atoms with Gasteiger partial charge in [-0.1, -0.05) is 0 Å². The molecule has 1 saturated carbocycles. The van der Waals surface area contributed by atoms with Crippen LogP contribution in [-0.2, 0) is 4.79 Å². The average molecular weight is 201 g/mol. The Hall–Kier alpha value is -1.84.